The molecule has 20 heavy (non-hydrogen) atoms. The molecule has 2 N–H and O–H groups in total. The van der Waals surface area contributed by atoms with Gasteiger partial charge in [-0.15, -0.1) is 0 Å². The fourth-order valence-electron chi connectivity index (χ4n) is 2.70. The van der Waals surface area contributed by atoms with E-state index < -0.39 is 10.2 Å². The molecule has 1 heterocycles. The Morgan fingerprint density at radius 1 is 1.25 bits per heavy atom. The molecule has 110 valence electrons. The van der Waals surface area contributed by atoms with E-state index in [1.54, 1.807) is 8.61 Å². The third-order valence-electron chi connectivity index (χ3n) is 3.93. The van der Waals surface area contributed by atoms with Crippen molar-refractivity contribution in [3.63, 3.8) is 0 Å². The second kappa shape index (κ2) is 5.35. The van der Waals surface area contributed by atoms with E-state index in [1.807, 2.05) is 24.3 Å². The fraction of sp³-hybridized carbons (Fsp3) is 0.571. The van der Waals surface area contributed by atoms with E-state index in [-0.39, 0.29) is 6.04 Å². The van der Waals surface area contributed by atoms with Crippen molar-refractivity contribution in [2.75, 3.05) is 18.8 Å². The average molecular weight is 295 g/mol. The third-order valence-corrected chi connectivity index (χ3v) is 5.97. The Morgan fingerprint density at radius 2 is 1.95 bits per heavy atom. The zero-order valence-corrected chi connectivity index (χ0v) is 12.3. The van der Waals surface area contributed by atoms with Crippen LogP contribution in [0.3, 0.4) is 0 Å². The van der Waals surface area contributed by atoms with Crippen LogP contribution in [0.2, 0.25) is 0 Å². The van der Waals surface area contributed by atoms with E-state index in [4.69, 9.17) is 5.73 Å². The Morgan fingerprint density at radius 3 is 2.55 bits per heavy atom. The lowest BCUT2D eigenvalue weighted by atomic mass is 10.2. The molecule has 0 unspecified atom stereocenters. The van der Waals surface area contributed by atoms with Crippen molar-refractivity contribution in [3.8, 4) is 0 Å². The molecule has 0 amide bonds. The van der Waals surface area contributed by atoms with Gasteiger partial charge in [-0.05, 0) is 43.4 Å². The predicted molar refractivity (Wildman–Crippen MR) is 79.1 cm³/mol. The van der Waals surface area contributed by atoms with Crippen LogP contribution in [-0.4, -0.2) is 36.2 Å². The van der Waals surface area contributed by atoms with Crippen molar-refractivity contribution in [1.29, 1.82) is 0 Å². The number of nitrogens with zero attached hydrogens (tertiary/aromatic N) is 2. The van der Waals surface area contributed by atoms with Crippen LogP contribution < -0.4 is 5.73 Å². The molecular weight excluding hydrogens is 274 g/mol. The summed E-state index contributed by atoms with van der Waals surface area (Å²) in [5, 5.41) is 0. The highest BCUT2D eigenvalue weighted by Crippen LogP contribution is 2.33. The highest BCUT2D eigenvalue weighted by molar-refractivity contribution is 7.86. The number of hydrogen-bond acceptors (Lipinski definition) is 3. The summed E-state index contributed by atoms with van der Waals surface area (Å²) in [5.41, 5.74) is 7.41. The molecule has 1 saturated carbocycles. The maximum absolute atomic E-state index is 12.7. The summed E-state index contributed by atoms with van der Waals surface area (Å²) < 4.78 is 28.7. The van der Waals surface area contributed by atoms with Gasteiger partial charge in [0, 0.05) is 31.4 Å². The zero-order valence-electron chi connectivity index (χ0n) is 11.5. The summed E-state index contributed by atoms with van der Waals surface area (Å²) in [5.74, 6) is 0. The van der Waals surface area contributed by atoms with Crippen molar-refractivity contribution in [2.45, 2.75) is 38.3 Å². The van der Waals surface area contributed by atoms with Gasteiger partial charge in [-0.2, -0.15) is 17.0 Å². The van der Waals surface area contributed by atoms with Gasteiger partial charge in [0.1, 0.15) is 0 Å². The van der Waals surface area contributed by atoms with E-state index in [0.29, 0.717) is 25.3 Å². The van der Waals surface area contributed by atoms with Crippen LogP contribution in [0, 0.1) is 0 Å². The van der Waals surface area contributed by atoms with Crippen molar-refractivity contribution >= 4 is 15.9 Å². The van der Waals surface area contributed by atoms with Crippen LogP contribution in [0.15, 0.2) is 24.3 Å². The molecule has 1 aliphatic carbocycles. The molecule has 0 radical (unpaired) electrons. The average Bonchev–Trinajstić information content (AvgIpc) is 3.08. The first-order valence-corrected chi connectivity index (χ1v) is 8.58. The quantitative estimate of drug-likeness (QED) is 0.839. The summed E-state index contributed by atoms with van der Waals surface area (Å²) in [6, 6.07) is 7.65. The van der Waals surface area contributed by atoms with Crippen LogP contribution in [0.25, 0.3) is 0 Å². The Hall–Kier alpha value is -1.11. The van der Waals surface area contributed by atoms with Crippen LogP contribution in [-0.2, 0) is 16.8 Å². The lowest BCUT2D eigenvalue weighted by Gasteiger charge is -2.27. The van der Waals surface area contributed by atoms with Crippen LogP contribution in [0.1, 0.15) is 31.2 Å². The Kier molecular flexibility index (Phi) is 3.70. The van der Waals surface area contributed by atoms with Gasteiger partial charge < -0.3 is 5.73 Å². The minimum absolute atomic E-state index is 0.169. The van der Waals surface area contributed by atoms with E-state index in [2.05, 4.69) is 0 Å². The molecular formula is C14H21N3O2S. The second-order valence-corrected chi connectivity index (χ2v) is 7.52. The summed E-state index contributed by atoms with van der Waals surface area (Å²) in [7, 11) is -3.32. The maximum atomic E-state index is 12.7. The monoisotopic (exact) mass is 295 g/mol. The lowest BCUT2D eigenvalue weighted by molar-refractivity contribution is 0.349. The third kappa shape index (κ3) is 2.82. The van der Waals surface area contributed by atoms with Gasteiger partial charge in [0.05, 0.1) is 0 Å². The van der Waals surface area contributed by atoms with Crippen molar-refractivity contribution in [2.24, 2.45) is 0 Å². The molecule has 0 spiro atoms. The Bertz CT molecular complexity index is 578. The predicted octanol–water partition coefficient (Wildman–Crippen LogP) is 1.57. The largest absolute Gasteiger partial charge is 0.399 e. The molecule has 1 aromatic carbocycles. The molecule has 0 atom stereocenters. The number of anilines is 1. The minimum atomic E-state index is -3.32. The standard InChI is InChI=1S/C14H21N3O2S/c15-13-5-3-4-12(10-13)11-17(14-6-7-14)20(18,19)16-8-1-2-9-16/h3-5,10,14H,1-2,6-9,11,15H2. The molecule has 6 heteroatoms. The van der Waals surface area contributed by atoms with Crippen molar-refractivity contribution < 1.29 is 8.42 Å². The van der Waals surface area contributed by atoms with Crippen molar-refractivity contribution in [3.05, 3.63) is 29.8 Å². The molecule has 0 bridgehead atoms. The highest BCUT2D eigenvalue weighted by Gasteiger charge is 2.40. The first kappa shape index (κ1) is 13.9. The van der Waals surface area contributed by atoms with E-state index in [0.717, 1.165) is 31.2 Å². The van der Waals surface area contributed by atoms with Crippen molar-refractivity contribution in [1.82, 2.24) is 8.61 Å². The van der Waals surface area contributed by atoms with Crippen LogP contribution in [0.4, 0.5) is 5.69 Å². The summed E-state index contributed by atoms with van der Waals surface area (Å²) in [6.45, 7) is 1.74. The van der Waals surface area contributed by atoms with Gasteiger partial charge >= 0.3 is 0 Å². The molecule has 5 nitrogen and oxygen atoms in total. The fourth-order valence-corrected chi connectivity index (χ4v) is 4.62. The molecule has 1 aromatic rings. The molecule has 2 fully saturated rings. The summed E-state index contributed by atoms with van der Waals surface area (Å²) >= 11 is 0. The molecule has 0 aromatic heterocycles. The first-order chi connectivity index (χ1) is 9.57. The summed E-state index contributed by atoms with van der Waals surface area (Å²) in [4.78, 5) is 0. The Balaban J connectivity index is 1.82. The van der Waals surface area contributed by atoms with Gasteiger partial charge in [0.15, 0.2) is 0 Å². The van der Waals surface area contributed by atoms with Gasteiger partial charge in [-0.1, -0.05) is 12.1 Å². The van der Waals surface area contributed by atoms with Gasteiger partial charge in [-0.25, -0.2) is 0 Å². The topological polar surface area (TPSA) is 66.6 Å². The number of rotatable bonds is 5. The number of nitrogen functional groups attached to an aromatic ring is 1. The molecule has 2 aliphatic rings. The van der Waals surface area contributed by atoms with E-state index >= 15 is 0 Å². The molecule has 1 aliphatic heterocycles. The van der Waals surface area contributed by atoms with Gasteiger partial charge in [0.25, 0.3) is 10.2 Å². The van der Waals surface area contributed by atoms with E-state index in [1.165, 1.54) is 0 Å². The zero-order chi connectivity index (χ0) is 14.2. The Labute approximate surface area is 120 Å². The first-order valence-electron chi connectivity index (χ1n) is 7.19. The molecule has 1 saturated heterocycles. The summed E-state index contributed by atoms with van der Waals surface area (Å²) in [6.07, 6.45) is 3.87. The van der Waals surface area contributed by atoms with Crippen LogP contribution in [0.5, 0.6) is 0 Å². The van der Waals surface area contributed by atoms with Gasteiger partial charge in [-0.3, -0.25) is 0 Å². The van der Waals surface area contributed by atoms with E-state index in [9.17, 15) is 8.42 Å². The number of nitrogens with two attached hydrogens (primary N) is 1. The van der Waals surface area contributed by atoms with Crippen LogP contribution >= 0.6 is 0 Å². The second-order valence-electron chi connectivity index (χ2n) is 5.64. The SMILES string of the molecule is Nc1cccc(CN(C2CC2)S(=O)(=O)N2CCCC2)c1. The molecule has 3 rings (SSSR count). The van der Waals surface area contributed by atoms with Gasteiger partial charge in [0.2, 0.25) is 0 Å². The maximum Gasteiger partial charge on any atom is 0.282 e. The normalized spacial score (nSPS) is 20.6. The minimum Gasteiger partial charge on any atom is -0.399 e. The number of hydrogen-bond donors (Lipinski definition) is 1. The lowest BCUT2D eigenvalue weighted by Crippen LogP contribution is -2.43. The highest BCUT2D eigenvalue weighted by atomic mass is 32.2. The smallest absolute Gasteiger partial charge is 0.282 e. The number of benzene rings is 1.